The van der Waals surface area contributed by atoms with E-state index in [1.807, 2.05) is 36.4 Å². The van der Waals surface area contributed by atoms with Crippen molar-refractivity contribution in [2.75, 3.05) is 9.91 Å². The fraction of sp³-hybridized carbons (Fsp3) is 0.111. The largest absolute Gasteiger partial charge is 0.508 e. The van der Waals surface area contributed by atoms with Crippen molar-refractivity contribution in [3.63, 3.8) is 0 Å². The molecule has 0 atom stereocenters. The highest BCUT2D eigenvalue weighted by molar-refractivity contribution is 5.83. The van der Waals surface area contributed by atoms with Gasteiger partial charge in [0.1, 0.15) is 5.75 Å². The fourth-order valence-electron chi connectivity index (χ4n) is 4.49. The number of fused-ring (bicyclic) bond motifs is 2. The Bertz CT molecular complexity index is 1230. The normalized spacial score (nSPS) is 14.0. The van der Waals surface area contributed by atoms with Crippen molar-refractivity contribution in [1.82, 2.24) is 0 Å². The van der Waals surface area contributed by atoms with Crippen LogP contribution in [0.3, 0.4) is 0 Å². The molecule has 0 saturated heterocycles. The van der Waals surface area contributed by atoms with Crippen LogP contribution in [0.15, 0.2) is 97.1 Å². The predicted molar refractivity (Wildman–Crippen MR) is 128 cm³/mol. The summed E-state index contributed by atoms with van der Waals surface area (Å²) < 4.78 is 0. The average molecular weight is 408 g/mol. The minimum absolute atomic E-state index is 0.199. The lowest BCUT2D eigenvalue weighted by Crippen LogP contribution is -2.36. The van der Waals surface area contributed by atoms with E-state index in [0.29, 0.717) is 0 Å². The van der Waals surface area contributed by atoms with Gasteiger partial charge in [0.25, 0.3) is 0 Å². The second-order valence-corrected chi connectivity index (χ2v) is 8.40. The van der Waals surface area contributed by atoms with Gasteiger partial charge in [-0.05, 0) is 71.8 Å². The molecular weight excluding hydrogens is 382 g/mol. The summed E-state index contributed by atoms with van der Waals surface area (Å²) in [5.41, 5.74) is 7.28. The summed E-state index contributed by atoms with van der Waals surface area (Å²) in [6, 6.07) is 32.3. The van der Waals surface area contributed by atoms with Crippen molar-refractivity contribution in [2.24, 2.45) is 5.84 Å². The number of anilines is 5. The summed E-state index contributed by atoms with van der Waals surface area (Å²) in [6.45, 7) is 4.49. The predicted octanol–water partition coefficient (Wildman–Crippen LogP) is 6.51. The first-order chi connectivity index (χ1) is 15.0. The van der Waals surface area contributed by atoms with Crippen LogP contribution in [0.25, 0.3) is 0 Å². The third-order valence-electron chi connectivity index (χ3n) is 6.13. The molecule has 3 N–H and O–H groups in total. The van der Waals surface area contributed by atoms with Gasteiger partial charge in [-0.2, -0.15) is 0 Å². The summed E-state index contributed by atoms with van der Waals surface area (Å²) in [7, 11) is 0. The summed E-state index contributed by atoms with van der Waals surface area (Å²) in [4.78, 5) is 2.19. The third-order valence-corrected chi connectivity index (χ3v) is 6.13. The minimum Gasteiger partial charge on any atom is -0.508 e. The van der Waals surface area contributed by atoms with Gasteiger partial charge >= 0.3 is 0 Å². The van der Waals surface area contributed by atoms with E-state index in [0.717, 1.165) is 28.4 Å². The number of nitrogens with two attached hydrogens (primary N) is 1. The zero-order valence-electron chi connectivity index (χ0n) is 17.7. The smallest absolute Gasteiger partial charge is 0.115 e. The maximum absolute atomic E-state index is 9.79. The number of hydrogen-bond acceptors (Lipinski definition) is 4. The Morgan fingerprint density at radius 3 is 2.00 bits per heavy atom. The Labute approximate surface area is 182 Å². The van der Waals surface area contributed by atoms with Gasteiger partial charge in [0.05, 0.1) is 11.4 Å². The van der Waals surface area contributed by atoms with Crippen LogP contribution in [-0.2, 0) is 5.41 Å². The Kier molecular flexibility index (Phi) is 4.45. The first-order valence-electron chi connectivity index (χ1n) is 10.4. The van der Waals surface area contributed by atoms with Crippen LogP contribution in [-0.4, -0.2) is 5.11 Å². The number of aromatic hydroxyl groups is 1. The molecule has 154 valence electrons. The van der Waals surface area contributed by atoms with Gasteiger partial charge < -0.3 is 10.0 Å². The van der Waals surface area contributed by atoms with Crippen LogP contribution >= 0.6 is 0 Å². The van der Waals surface area contributed by atoms with Crippen molar-refractivity contribution in [3.05, 3.63) is 108 Å². The van der Waals surface area contributed by atoms with Gasteiger partial charge in [0.15, 0.2) is 0 Å². The summed E-state index contributed by atoms with van der Waals surface area (Å²) in [5, 5.41) is 11.6. The maximum Gasteiger partial charge on any atom is 0.115 e. The maximum atomic E-state index is 9.79. The molecule has 4 nitrogen and oxygen atoms in total. The molecule has 1 aliphatic heterocycles. The van der Waals surface area contributed by atoms with Crippen LogP contribution in [0.2, 0.25) is 0 Å². The van der Waals surface area contributed by atoms with E-state index in [1.54, 1.807) is 17.1 Å². The van der Waals surface area contributed by atoms with E-state index >= 15 is 0 Å². The molecule has 0 saturated carbocycles. The fourth-order valence-corrected chi connectivity index (χ4v) is 4.49. The molecular formula is C27H25N3O. The number of nitrogens with zero attached hydrogens (tertiary/aromatic N) is 2. The van der Waals surface area contributed by atoms with Gasteiger partial charge in [-0.15, -0.1) is 0 Å². The third kappa shape index (κ3) is 3.13. The number of hydrazine groups is 1. The van der Waals surface area contributed by atoms with Gasteiger partial charge in [-0.1, -0.05) is 50.2 Å². The van der Waals surface area contributed by atoms with E-state index in [1.165, 1.54) is 11.1 Å². The zero-order chi connectivity index (χ0) is 21.6. The molecule has 1 heterocycles. The Hall–Kier alpha value is -3.76. The number of benzene rings is 4. The number of rotatable bonds is 3. The number of para-hydroxylation sites is 2. The molecule has 4 heteroatoms. The van der Waals surface area contributed by atoms with Crippen molar-refractivity contribution < 1.29 is 5.11 Å². The van der Waals surface area contributed by atoms with Crippen LogP contribution < -0.4 is 15.8 Å². The highest BCUT2D eigenvalue weighted by Gasteiger charge is 2.35. The van der Waals surface area contributed by atoms with E-state index in [-0.39, 0.29) is 11.2 Å². The van der Waals surface area contributed by atoms with E-state index in [4.69, 9.17) is 5.84 Å². The molecule has 31 heavy (non-hydrogen) atoms. The Morgan fingerprint density at radius 1 is 0.677 bits per heavy atom. The highest BCUT2D eigenvalue weighted by Crippen LogP contribution is 2.49. The van der Waals surface area contributed by atoms with Crippen LogP contribution in [0.1, 0.15) is 25.0 Å². The Balaban J connectivity index is 1.69. The lowest BCUT2D eigenvalue weighted by molar-refractivity contribution is 0.475. The van der Waals surface area contributed by atoms with E-state index < -0.39 is 0 Å². The molecule has 0 radical (unpaired) electrons. The van der Waals surface area contributed by atoms with Crippen molar-refractivity contribution in [2.45, 2.75) is 19.3 Å². The highest BCUT2D eigenvalue weighted by atomic mass is 16.3. The molecule has 0 aromatic heterocycles. The van der Waals surface area contributed by atoms with Crippen LogP contribution in [0.4, 0.5) is 28.4 Å². The molecule has 0 bridgehead atoms. The first-order valence-corrected chi connectivity index (χ1v) is 10.4. The topological polar surface area (TPSA) is 52.7 Å². The van der Waals surface area contributed by atoms with E-state index in [2.05, 4.69) is 67.3 Å². The van der Waals surface area contributed by atoms with Gasteiger partial charge in [0.2, 0.25) is 0 Å². The summed E-state index contributed by atoms with van der Waals surface area (Å²) in [5.74, 6) is 6.78. The number of phenolic OH excluding ortho intramolecular Hbond substituents is 1. The molecule has 0 fully saturated rings. The molecule has 4 aromatic carbocycles. The standard InChI is InChI=1S/C27H25N3O/c1-27(2)23-10-6-7-11-25(23)30(28)26-17-14-21(18-24(26)27)29(19-8-4-3-5-9-19)20-12-15-22(31)16-13-20/h3-18,31H,28H2,1-2H3. The first kappa shape index (κ1) is 19.2. The second kappa shape index (κ2) is 7.18. The SMILES string of the molecule is CC1(C)c2ccccc2N(N)c2ccc(N(c3ccccc3)c3ccc(O)cc3)cc21. The molecule has 0 unspecified atom stereocenters. The van der Waals surface area contributed by atoms with E-state index in [9.17, 15) is 5.11 Å². The number of phenols is 1. The lowest BCUT2D eigenvalue weighted by Gasteiger charge is -2.40. The van der Waals surface area contributed by atoms with Crippen molar-refractivity contribution >= 4 is 28.4 Å². The molecule has 0 aliphatic carbocycles. The molecule has 1 aliphatic rings. The Morgan fingerprint density at radius 2 is 1.26 bits per heavy atom. The lowest BCUT2D eigenvalue weighted by atomic mass is 9.74. The summed E-state index contributed by atoms with van der Waals surface area (Å²) >= 11 is 0. The molecule has 0 spiro atoms. The van der Waals surface area contributed by atoms with Crippen molar-refractivity contribution in [3.8, 4) is 5.75 Å². The van der Waals surface area contributed by atoms with Gasteiger partial charge in [-0.25, -0.2) is 5.84 Å². The summed E-state index contributed by atoms with van der Waals surface area (Å²) in [6.07, 6.45) is 0. The van der Waals surface area contributed by atoms with Gasteiger partial charge in [-0.3, -0.25) is 5.01 Å². The molecule has 5 rings (SSSR count). The monoisotopic (exact) mass is 407 g/mol. The minimum atomic E-state index is -0.199. The quantitative estimate of drug-likeness (QED) is 0.380. The van der Waals surface area contributed by atoms with Gasteiger partial charge in [0, 0.05) is 22.5 Å². The number of hydrogen-bond donors (Lipinski definition) is 2. The molecule has 0 amide bonds. The molecule has 4 aromatic rings. The van der Waals surface area contributed by atoms with Crippen LogP contribution in [0, 0.1) is 0 Å². The van der Waals surface area contributed by atoms with Crippen molar-refractivity contribution in [1.29, 1.82) is 0 Å². The average Bonchev–Trinajstić information content (AvgIpc) is 2.80. The second-order valence-electron chi connectivity index (χ2n) is 8.40. The van der Waals surface area contributed by atoms with Crippen LogP contribution in [0.5, 0.6) is 5.75 Å². The zero-order valence-corrected chi connectivity index (χ0v) is 17.7.